The number of carbonyl (C=O) groups excluding carboxylic acids is 1. The van der Waals surface area contributed by atoms with Gasteiger partial charge in [0.25, 0.3) is 0 Å². The van der Waals surface area contributed by atoms with E-state index in [4.69, 9.17) is 5.11 Å². The molecule has 0 saturated carbocycles. The zero-order valence-corrected chi connectivity index (χ0v) is 18.4. The maximum atomic E-state index is 13.3. The average Bonchev–Trinajstić information content (AvgIpc) is 3.58. The number of carbonyl (C=O) groups is 2. The van der Waals surface area contributed by atoms with Crippen LogP contribution in [0.3, 0.4) is 0 Å². The molecule has 2 aromatic heterocycles. The second-order valence-corrected chi connectivity index (χ2v) is 8.59. The minimum absolute atomic E-state index is 0.0604. The van der Waals surface area contributed by atoms with Gasteiger partial charge in [0.2, 0.25) is 10.3 Å². The lowest BCUT2D eigenvalue weighted by atomic mass is 10.1. The smallest absolute Gasteiger partial charge is 0.347 e. The number of aromatic carboxylic acids is 1. The van der Waals surface area contributed by atoms with Gasteiger partial charge in [-0.2, -0.15) is 15.2 Å². The monoisotopic (exact) mass is 474 g/mol. The molecule has 1 aliphatic rings. The number of rotatable bonds is 6. The molecule has 2 N–H and O–H groups in total. The first-order valence-electron chi connectivity index (χ1n) is 9.63. The second kappa shape index (κ2) is 8.73. The molecule has 4 aromatic rings. The summed E-state index contributed by atoms with van der Waals surface area (Å²) in [5.74, 6) is -1.54. The molecular weight excluding hydrogens is 460 g/mol. The molecule has 2 aromatic carbocycles. The highest BCUT2D eigenvalue weighted by atomic mass is 32.1. The van der Waals surface area contributed by atoms with E-state index < -0.39 is 11.9 Å². The van der Waals surface area contributed by atoms with Crippen LogP contribution in [0.2, 0.25) is 0 Å². The van der Waals surface area contributed by atoms with E-state index in [-0.39, 0.29) is 15.7 Å². The fraction of sp³-hybridized carbons (Fsp3) is 0. The highest BCUT2D eigenvalue weighted by molar-refractivity contribution is 7.17. The van der Waals surface area contributed by atoms with Gasteiger partial charge in [-0.15, -0.1) is 11.3 Å². The fourth-order valence-corrected chi connectivity index (χ4v) is 4.42. The second-order valence-electron chi connectivity index (χ2n) is 6.72. The Morgan fingerprint density at radius 3 is 2.39 bits per heavy atom. The molecule has 0 aliphatic carbocycles. The third-order valence-electron chi connectivity index (χ3n) is 4.59. The van der Waals surface area contributed by atoms with Crippen molar-refractivity contribution in [3.05, 3.63) is 82.7 Å². The van der Waals surface area contributed by atoms with Crippen molar-refractivity contribution in [3.8, 4) is 11.3 Å². The van der Waals surface area contributed by atoms with Gasteiger partial charge in [0, 0.05) is 16.5 Å². The Labute approximate surface area is 195 Å². The van der Waals surface area contributed by atoms with Gasteiger partial charge in [-0.05, 0) is 0 Å². The first kappa shape index (κ1) is 20.7. The molecular formula is C22H14N6O3S2. The molecule has 9 nitrogen and oxygen atoms in total. The molecule has 1 aliphatic heterocycles. The summed E-state index contributed by atoms with van der Waals surface area (Å²) >= 11 is 2.22. The lowest BCUT2D eigenvalue weighted by Crippen LogP contribution is -2.28. The van der Waals surface area contributed by atoms with Crippen LogP contribution in [0.1, 0.15) is 15.2 Å². The molecule has 0 saturated heterocycles. The number of carboxylic acid groups (broad SMARTS) is 1. The summed E-state index contributed by atoms with van der Waals surface area (Å²) in [7, 11) is 0. The van der Waals surface area contributed by atoms with E-state index in [9.17, 15) is 9.59 Å². The molecule has 0 spiro atoms. The van der Waals surface area contributed by atoms with E-state index >= 15 is 0 Å². The Hall–Kier alpha value is -4.22. The minimum atomic E-state index is -1.08. The Morgan fingerprint density at radius 1 is 1.03 bits per heavy atom. The van der Waals surface area contributed by atoms with Crippen LogP contribution in [0.5, 0.6) is 0 Å². The molecule has 11 heteroatoms. The summed E-state index contributed by atoms with van der Waals surface area (Å²) in [6.45, 7) is 0. The number of hydrogen-bond acceptors (Lipinski definition) is 9. The maximum absolute atomic E-state index is 13.3. The van der Waals surface area contributed by atoms with Gasteiger partial charge in [-0.3, -0.25) is 10.2 Å². The van der Waals surface area contributed by atoms with E-state index in [1.54, 1.807) is 0 Å². The normalized spacial score (nSPS) is 14.5. The van der Waals surface area contributed by atoms with Crippen LogP contribution >= 0.6 is 22.7 Å². The van der Waals surface area contributed by atoms with E-state index in [0.29, 0.717) is 16.4 Å². The van der Waals surface area contributed by atoms with E-state index in [1.165, 1.54) is 22.5 Å². The molecule has 3 heterocycles. The Bertz CT molecular complexity index is 1400. The van der Waals surface area contributed by atoms with Crippen molar-refractivity contribution in [2.75, 3.05) is 10.4 Å². The number of anilines is 2. The van der Waals surface area contributed by atoms with Crippen LogP contribution < -0.4 is 10.4 Å². The van der Waals surface area contributed by atoms with Crippen molar-refractivity contribution in [1.82, 2.24) is 9.97 Å². The van der Waals surface area contributed by atoms with Crippen LogP contribution in [-0.2, 0) is 4.79 Å². The number of carboxylic acids is 1. The average molecular weight is 475 g/mol. The first-order valence-corrected chi connectivity index (χ1v) is 11.3. The SMILES string of the molecule is O=C(O)c1cnc(N/N=C2/C(=O)N(c3nc(-c4ccccc4)cs3)N=C2c2ccccc2)s1. The highest BCUT2D eigenvalue weighted by Gasteiger charge is 2.35. The van der Waals surface area contributed by atoms with E-state index in [1.807, 2.05) is 66.0 Å². The Morgan fingerprint density at radius 2 is 1.73 bits per heavy atom. The van der Waals surface area contributed by atoms with Crippen LogP contribution in [0, 0.1) is 0 Å². The Balaban J connectivity index is 1.49. The molecule has 0 unspecified atom stereocenters. The molecule has 0 fully saturated rings. The number of aromatic nitrogens is 2. The minimum Gasteiger partial charge on any atom is -0.477 e. The number of benzene rings is 2. The predicted octanol–water partition coefficient (Wildman–Crippen LogP) is 4.18. The van der Waals surface area contributed by atoms with Crippen molar-refractivity contribution < 1.29 is 14.7 Å². The van der Waals surface area contributed by atoms with Crippen molar-refractivity contribution >= 4 is 56.2 Å². The van der Waals surface area contributed by atoms with Gasteiger partial charge in [0.15, 0.2) is 5.71 Å². The van der Waals surface area contributed by atoms with Gasteiger partial charge >= 0.3 is 11.9 Å². The largest absolute Gasteiger partial charge is 0.477 e. The standard InChI is InChI=1S/C22H14N6O3S2/c29-19-18(25-26-21-23-11-16(33-21)20(30)31)17(14-9-5-2-6-10-14)27-28(19)22-24-15(12-32-22)13-7-3-1-4-8-13/h1-12H,(H,23,26)(H,30,31)/b25-18+. The van der Waals surface area contributed by atoms with E-state index in [0.717, 1.165) is 22.6 Å². The number of nitrogens with zero attached hydrogens (tertiary/aromatic N) is 5. The van der Waals surface area contributed by atoms with Gasteiger partial charge < -0.3 is 5.11 Å². The summed E-state index contributed by atoms with van der Waals surface area (Å²) in [5.41, 5.74) is 5.52. The number of hydrazone groups is 2. The summed E-state index contributed by atoms with van der Waals surface area (Å²) < 4.78 is 0. The van der Waals surface area contributed by atoms with Gasteiger partial charge in [-0.1, -0.05) is 72.0 Å². The van der Waals surface area contributed by atoms with Crippen molar-refractivity contribution in [2.24, 2.45) is 10.2 Å². The van der Waals surface area contributed by atoms with Crippen LogP contribution in [-0.4, -0.2) is 38.4 Å². The fourth-order valence-electron chi connectivity index (χ4n) is 3.05. The molecule has 1 amide bonds. The van der Waals surface area contributed by atoms with Crippen molar-refractivity contribution in [2.45, 2.75) is 0 Å². The highest BCUT2D eigenvalue weighted by Crippen LogP contribution is 2.30. The molecule has 33 heavy (non-hydrogen) atoms. The quantitative estimate of drug-likeness (QED) is 0.405. The topological polar surface area (TPSA) is 120 Å². The van der Waals surface area contributed by atoms with Gasteiger partial charge in [0.05, 0.1) is 11.9 Å². The summed E-state index contributed by atoms with van der Waals surface area (Å²) in [6.07, 6.45) is 1.23. The van der Waals surface area contributed by atoms with E-state index in [2.05, 4.69) is 25.6 Å². The molecule has 0 bridgehead atoms. The van der Waals surface area contributed by atoms with Crippen molar-refractivity contribution in [1.29, 1.82) is 0 Å². The third kappa shape index (κ3) is 4.14. The van der Waals surface area contributed by atoms with Crippen LogP contribution in [0.4, 0.5) is 10.3 Å². The molecule has 0 radical (unpaired) electrons. The molecule has 162 valence electrons. The molecule has 5 rings (SSSR count). The number of amides is 1. The summed E-state index contributed by atoms with van der Waals surface area (Å²) in [4.78, 5) is 33.0. The predicted molar refractivity (Wildman–Crippen MR) is 128 cm³/mol. The van der Waals surface area contributed by atoms with Crippen molar-refractivity contribution in [3.63, 3.8) is 0 Å². The van der Waals surface area contributed by atoms with Crippen LogP contribution in [0.25, 0.3) is 11.3 Å². The maximum Gasteiger partial charge on any atom is 0.347 e. The van der Waals surface area contributed by atoms with Gasteiger partial charge in [-0.25, -0.2) is 14.8 Å². The number of hydrogen-bond donors (Lipinski definition) is 2. The number of thiazole rings is 2. The Kier molecular flexibility index (Phi) is 5.47. The first-order chi connectivity index (χ1) is 16.1. The lowest BCUT2D eigenvalue weighted by Gasteiger charge is -2.06. The third-order valence-corrected chi connectivity index (χ3v) is 6.30. The zero-order chi connectivity index (χ0) is 22.8. The number of nitrogens with one attached hydrogen (secondary N) is 1. The lowest BCUT2D eigenvalue weighted by molar-refractivity contribution is -0.112. The van der Waals surface area contributed by atoms with Gasteiger partial charge in [0.1, 0.15) is 10.6 Å². The molecule has 0 atom stereocenters. The zero-order valence-electron chi connectivity index (χ0n) is 16.7. The summed E-state index contributed by atoms with van der Waals surface area (Å²) in [5, 5.41) is 21.6. The van der Waals surface area contributed by atoms with Crippen LogP contribution in [0.15, 0.2) is 82.4 Å². The summed E-state index contributed by atoms with van der Waals surface area (Å²) in [6, 6.07) is 18.9.